The Morgan fingerprint density at radius 2 is 1.07 bits per heavy atom. The number of fused-ring (bicyclic) bond motifs is 2. The molecule has 0 aromatic heterocycles. The van der Waals surface area contributed by atoms with Crippen LogP contribution in [0.5, 0.6) is 11.5 Å². The first-order valence-electron chi connectivity index (χ1n) is 9.43. The van der Waals surface area contributed by atoms with Gasteiger partial charge in [0.25, 0.3) is 0 Å². The number of rotatable bonds is 10. The van der Waals surface area contributed by atoms with E-state index in [0.717, 1.165) is 0 Å². The number of carbonyl (C=O) groups is 4. The van der Waals surface area contributed by atoms with Gasteiger partial charge in [-0.05, 0) is 49.2 Å². The van der Waals surface area contributed by atoms with Crippen LogP contribution in [0.3, 0.4) is 0 Å². The smallest absolute Gasteiger partial charge is 0.303 e. The van der Waals surface area contributed by atoms with Crippen LogP contribution in [0, 0.1) is 0 Å². The Labute approximate surface area is 172 Å². The average Bonchev–Trinajstić information content (AvgIpc) is 2.72. The lowest BCUT2D eigenvalue weighted by atomic mass is 9.84. The maximum Gasteiger partial charge on any atom is 0.303 e. The van der Waals surface area contributed by atoms with E-state index in [1.165, 1.54) is 24.3 Å². The van der Waals surface area contributed by atoms with Crippen molar-refractivity contribution < 1.29 is 38.9 Å². The van der Waals surface area contributed by atoms with Gasteiger partial charge in [0.05, 0.1) is 13.2 Å². The number of hydrogen-bond donors (Lipinski definition) is 2. The van der Waals surface area contributed by atoms with Crippen molar-refractivity contribution in [3.63, 3.8) is 0 Å². The maximum atomic E-state index is 12.9. The van der Waals surface area contributed by atoms with Crippen molar-refractivity contribution in [2.24, 2.45) is 0 Å². The molecule has 0 heterocycles. The van der Waals surface area contributed by atoms with Gasteiger partial charge in [0.15, 0.2) is 11.6 Å². The summed E-state index contributed by atoms with van der Waals surface area (Å²) in [5.41, 5.74) is 0.985. The molecule has 1 aliphatic carbocycles. The normalized spacial score (nSPS) is 12.1. The highest BCUT2D eigenvalue weighted by Gasteiger charge is 2.30. The van der Waals surface area contributed by atoms with Crippen LogP contribution in [-0.2, 0) is 9.59 Å². The molecule has 30 heavy (non-hydrogen) atoms. The van der Waals surface area contributed by atoms with Crippen molar-refractivity contribution in [3.8, 4) is 11.5 Å². The maximum absolute atomic E-state index is 12.9. The van der Waals surface area contributed by atoms with E-state index in [2.05, 4.69) is 0 Å². The highest BCUT2D eigenvalue weighted by atomic mass is 16.5. The Balaban J connectivity index is 1.73. The fourth-order valence-corrected chi connectivity index (χ4v) is 3.12. The molecule has 2 aromatic carbocycles. The van der Waals surface area contributed by atoms with E-state index in [9.17, 15) is 19.2 Å². The van der Waals surface area contributed by atoms with Gasteiger partial charge in [-0.15, -0.1) is 0 Å². The lowest BCUT2D eigenvalue weighted by Crippen LogP contribution is -2.21. The fraction of sp³-hybridized carbons (Fsp3) is 0.273. The van der Waals surface area contributed by atoms with Crippen LogP contribution in [-0.4, -0.2) is 46.9 Å². The van der Waals surface area contributed by atoms with Crippen molar-refractivity contribution in [1.29, 1.82) is 0 Å². The predicted molar refractivity (Wildman–Crippen MR) is 104 cm³/mol. The second-order valence-electron chi connectivity index (χ2n) is 6.76. The largest absolute Gasteiger partial charge is 0.494 e. The fourth-order valence-electron chi connectivity index (χ4n) is 3.12. The zero-order valence-electron chi connectivity index (χ0n) is 16.1. The van der Waals surface area contributed by atoms with E-state index < -0.39 is 11.9 Å². The molecule has 156 valence electrons. The molecule has 0 atom stereocenters. The predicted octanol–water partition coefficient (Wildman–Crippen LogP) is 2.95. The minimum atomic E-state index is -0.911. The molecule has 2 aromatic rings. The number of ketones is 2. The third kappa shape index (κ3) is 4.83. The van der Waals surface area contributed by atoms with Crippen LogP contribution < -0.4 is 9.47 Å². The topological polar surface area (TPSA) is 127 Å². The summed E-state index contributed by atoms with van der Waals surface area (Å²) in [6.07, 6.45) is 0.627. The molecule has 8 nitrogen and oxygen atoms in total. The molecular formula is C22H20O8. The van der Waals surface area contributed by atoms with Gasteiger partial charge in [0, 0.05) is 35.1 Å². The molecule has 0 aliphatic heterocycles. The zero-order valence-corrected chi connectivity index (χ0v) is 16.1. The lowest BCUT2D eigenvalue weighted by molar-refractivity contribution is -0.138. The lowest BCUT2D eigenvalue weighted by Gasteiger charge is -2.19. The first-order chi connectivity index (χ1) is 14.4. The van der Waals surface area contributed by atoms with Crippen LogP contribution in [0.1, 0.15) is 57.5 Å². The second-order valence-corrected chi connectivity index (χ2v) is 6.76. The first-order valence-corrected chi connectivity index (χ1v) is 9.43. The molecule has 8 heteroatoms. The molecule has 0 unspecified atom stereocenters. The van der Waals surface area contributed by atoms with Crippen molar-refractivity contribution in [2.45, 2.75) is 25.7 Å². The van der Waals surface area contributed by atoms with Gasteiger partial charge in [0.1, 0.15) is 11.5 Å². The molecule has 0 spiro atoms. The standard InChI is InChI=1S/C22H20O8/c23-19(24)3-1-9-29-13-5-7-15-17(11-13)21(27)16-8-6-14(12-18(16)22(15)28)30-10-2-4-20(25)26/h5-8,11-12H,1-4,9-10H2,(H,23,24)(H,25,26). The van der Waals surface area contributed by atoms with Crippen LogP contribution in [0.4, 0.5) is 0 Å². The number of benzene rings is 2. The quantitative estimate of drug-likeness (QED) is 0.487. The SMILES string of the molecule is O=C(O)CCCOc1ccc2c(c1)C(=O)c1ccc(OCCCC(=O)O)cc1C2=O. The van der Waals surface area contributed by atoms with E-state index in [4.69, 9.17) is 19.7 Å². The molecule has 0 amide bonds. The summed E-state index contributed by atoms with van der Waals surface area (Å²) in [7, 11) is 0. The monoisotopic (exact) mass is 412 g/mol. The van der Waals surface area contributed by atoms with Crippen LogP contribution in [0.25, 0.3) is 0 Å². The summed E-state index contributed by atoms with van der Waals surface area (Å²) < 4.78 is 11.0. The van der Waals surface area contributed by atoms with E-state index in [1.807, 2.05) is 0 Å². The summed E-state index contributed by atoms with van der Waals surface area (Å²) in [5, 5.41) is 17.3. The van der Waals surface area contributed by atoms with E-state index in [1.54, 1.807) is 12.1 Å². The molecule has 0 bridgehead atoms. The summed E-state index contributed by atoms with van der Waals surface area (Å²) in [5.74, 6) is -1.66. The molecule has 0 saturated carbocycles. The number of carboxylic acids is 2. The van der Waals surface area contributed by atoms with Gasteiger partial charge < -0.3 is 19.7 Å². The van der Waals surface area contributed by atoms with Crippen LogP contribution >= 0.6 is 0 Å². The Bertz CT molecular complexity index is 927. The zero-order chi connectivity index (χ0) is 21.7. The van der Waals surface area contributed by atoms with Gasteiger partial charge in [0.2, 0.25) is 0 Å². The molecule has 0 fully saturated rings. The Kier molecular flexibility index (Phi) is 6.46. The van der Waals surface area contributed by atoms with Gasteiger partial charge in [-0.25, -0.2) is 0 Å². The number of carbonyl (C=O) groups excluding carboxylic acids is 2. The highest BCUT2D eigenvalue weighted by molar-refractivity contribution is 6.28. The van der Waals surface area contributed by atoms with E-state index in [0.29, 0.717) is 24.3 Å². The first kappa shape index (κ1) is 21.0. The minimum Gasteiger partial charge on any atom is -0.494 e. The molecule has 3 rings (SSSR count). The molecule has 1 aliphatic rings. The van der Waals surface area contributed by atoms with Gasteiger partial charge in [-0.1, -0.05) is 0 Å². The molecular weight excluding hydrogens is 392 g/mol. The van der Waals surface area contributed by atoms with E-state index in [-0.39, 0.29) is 59.9 Å². The molecule has 0 radical (unpaired) electrons. The summed E-state index contributed by atoms with van der Waals surface area (Å²) in [4.78, 5) is 46.9. The number of ether oxygens (including phenoxy) is 2. The number of hydrogen-bond acceptors (Lipinski definition) is 6. The van der Waals surface area contributed by atoms with E-state index >= 15 is 0 Å². The van der Waals surface area contributed by atoms with Crippen LogP contribution in [0.2, 0.25) is 0 Å². The van der Waals surface area contributed by atoms with Gasteiger partial charge >= 0.3 is 11.9 Å². The van der Waals surface area contributed by atoms with Crippen molar-refractivity contribution in [2.75, 3.05) is 13.2 Å². The van der Waals surface area contributed by atoms with Crippen LogP contribution in [0.15, 0.2) is 36.4 Å². The molecule has 2 N–H and O–H groups in total. The van der Waals surface area contributed by atoms with Gasteiger partial charge in [-0.3, -0.25) is 19.2 Å². The second kappa shape index (κ2) is 9.21. The third-order valence-electron chi connectivity index (χ3n) is 4.57. The third-order valence-corrected chi connectivity index (χ3v) is 4.57. The van der Waals surface area contributed by atoms with Crippen molar-refractivity contribution >= 4 is 23.5 Å². The highest BCUT2D eigenvalue weighted by Crippen LogP contribution is 2.32. The number of aliphatic carboxylic acids is 2. The summed E-state index contributed by atoms with van der Waals surface area (Å²) in [6.45, 7) is 0.374. The van der Waals surface area contributed by atoms with Crippen molar-refractivity contribution in [3.05, 3.63) is 58.7 Å². The molecule has 0 saturated heterocycles. The summed E-state index contributed by atoms with van der Waals surface area (Å²) >= 11 is 0. The average molecular weight is 412 g/mol. The number of carboxylic acid groups (broad SMARTS) is 2. The summed E-state index contributed by atoms with van der Waals surface area (Å²) in [6, 6.07) is 9.17. The Hall–Kier alpha value is -3.68. The Morgan fingerprint density at radius 3 is 1.43 bits per heavy atom. The van der Waals surface area contributed by atoms with Crippen molar-refractivity contribution in [1.82, 2.24) is 0 Å². The Morgan fingerprint density at radius 1 is 0.667 bits per heavy atom. The van der Waals surface area contributed by atoms with Gasteiger partial charge in [-0.2, -0.15) is 0 Å². The minimum absolute atomic E-state index is 0.0174.